The Morgan fingerprint density at radius 3 is 1.79 bits per heavy atom. The fourth-order valence-electron chi connectivity index (χ4n) is 8.27. The monoisotopic (exact) mass is 738 g/mol. The van der Waals surface area contributed by atoms with Crippen molar-refractivity contribution in [2.75, 3.05) is 0 Å². The first-order valence-electron chi connectivity index (χ1n) is 19.5. The van der Waals surface area contributed by atoms with E-state index in [-0.39, 0.29) is 0 Å². The lowest BCUT2D eigenvalue weighted by Gasteiger charge is -2.16. The standard InChI is InChI=1S/C54H34N4/c1-2-13-35(14-3-1)40-17-12-18-41(31-40)51-34-50(57-54(58-51)49-23-10-11-30-55-49)38-27-25-37(26-28-38)46-33-47-52(44-20-7-6-19-43(44)46)45-21-8-9-22-48(45)56-53(47)42-29-24-36-15-4-5-16-39(36)32-42/h1-34H. The lowest BCUT2D eigenvalue weighted by atomic mass is 9.89. The van der Waals surface area contributed by atoms with Crippen LogP contribution in [-0.4, -0.2) is 19.9 Å². The molecule has 270 valence electrons. The van der Waals surface area contributed by atoms with Gasteiger partial charge in [0.25, 0.3) is 0 Å². The third kappa shape index (κ3) is 5.96. The topological polar surface area (TPSA) is 51.6 Å². The highest BCUT2D eigenvalue weighted by atomic mass is 14.9. The highest BCUT2D eigenvalue weighted by Gasteiger charge is 2.18. The molecular weight excluding hydrogens is 705 g/mol. The summed E-state index contributed by atoms with van der Waals surface area (Å²) in [5.74, 6) is 0.587. The summed E-state index contributed by atoms with van der Waals surface area (Å²) >= 11 is 0. The van der Waals surface area contributed by atoms with Gasteiger partial charge in [0.2, 0.25) is 0 Å². The Hall–Kier alpha value is -7.82. The fraction of sp³-hybridized carbons (Fsp3) is 0. The molecule has 0 aliphatic rings. The van der Waals surface area contributed by atoms with Crippen molar-refractivity contribution < 1.29 is 0 Å². The Bertz CT molecular complexity index is 3320. The Labute approximate surface area is 335 Å². The maximum atomic E-state index is 5.35. The zero-order valence-electron chi connectivity index (χ0n) is 31.4. The minimum atomic E-state index is 0.587. The van der Waals surface area contributed by atoms with E-state index in [1.807, 2.05) is 24.3 Å². The fourth-order valence-corrected chi connectivity index (χ4v) is 8.27. The quantitative estimate of drug-likeness (QED) is 0.159. The molecule has 0 amide bonds. The van der Waals surface area contributed by atoms with Crippen LogP contribution in [0.1, 0.15) is 0 Å². The molecule has 0 fully saturated rings. The summed E-state index contributed by atoms with van der Waals surface area (Å²) in [5.41, 5.74) is 12.1. The molecule has 0 spiro atoms. The van der Waals surface area contributed by atoms with Crippen LogP contribution in [-0.2, 0) is 0 Å². The Kier molecular flexibility index (Phi) is 8.11. The zero-order valence-corrected chi connectivity index (χ0v) is 31.4. The first-order valence-corrected chi connectivity index (χ1v) is 19.5. The molecule has 0 aliphatic carbocycles. The minimum absolute atomic E-state index is 0.587. The van der Waals surface area contributed by atoms with Crippen LogP contribution in [0.2, 0.25) is 0 Å². The second-order valence-corrected chi connectivity index (χ2v) is 14.6. The van der Waals surface area contributed by atoms with Crippen LogP contribution in [0, 0.1) is 0 Å². The molecule has 0 saturated carbocycles. The van der Waals surface area contributed by atoms with Gasteiger partial charge in [-0.3, -0.25) is 4.98 Å². The number of fused-ring (bicyclic) bond motifs is 6. The van der Waals surface area contributed by atoms with E-state index in [4.69, 9.17) is 15.0 Å². The first-order chi connectivity index (χ1) is 28.7. The van der Waals surface area contributed by atoms with Crippen LogP contribution in [0.3, 0.4) is 0 Å². The Morgan fingerprint density at radius 2 is 0.966 bits per heavy atom. The molecule has 0 aliphatic heterocycles. The van der Waals surface area contributed by atoms with Crippen LogP contribution in [0.5, 0.6) is 0 Å². The summed E-state index contributed by atoms with van der Waals surface area (Å²) in [6, 6.07) is 70.5. The van der Waals surface area contributed by atoms with Crippen molar-refractivity contribution in [2.45, 2.75) is 0 Å². The van der Waals surface area contributed by atoms with Gasteiger partial charge in [0.05, 0.1) is 22.6 Å². The summed E-state index contributed by atoms with van der Waals surface area (Å²) < 4.78 is 0. The summed E-state index contributed by atoms with van der Waals surface area (Å²) in [4.78, 5) is 20.1. The van der Waals surface area contributed by atoms with Crippen molar-refractivity contribution in [3.63, 3.8) is 0 Å². The predicted octanol–water partition coefficient (Wildman–Crippen LogP) is 13.9. The van der Waals surface area contributed by atoms with E-state index in [2.05, 4.69) is 181 Å². The van der Waals surface area contributed by atoms with Gasteiger partial charge in [0, 0.05) is 39.0 Å². The van der Waals surface area contributed by atoms with Gasteiger partial charge in [0.15, 0.2) is 5.82 Å². The molecule has 8 aromatic carbocycles. The molecular formula is C54H34N4. The van der Waals surface area contributed by atoms with E-state index in [1.165, 1.54) is 26.9 Å². The maximum Gasteiger partial charge on any atom is 0.179 e. The van der Waals surface area contributed by atoms with Crippen molar-refractivity contribution >= 4 is 43.2 Å². The lowest BCUT2D eigenvalue weighted by Crippen LogP contribution is -1.97. The van der Waals surface area contributed by atoms with Gasteiger partial charge in [-0.2, -0.15) is 0 Å². The normalized spacial score (nSPS) is 11.4. The highest BCUT2D eigenvalue weighted by Crippen LogP contribution is 2.42. The highest BCUT2D eigenvalue weighted by molar-refractivity contribution is 6.25. The van der Waals surface area contributed by atoms with E-state index >= 15 is 0 Å². The second-order valence-electron chi connectivity index (χ2n) is 14.6. The molecule has 3 heterocycles. The number of nitrogens with zero attached hydrogens (tertiary/aromatic N) is 4. The van der Waals surface area contributed by atoms with Crippen molar-refractivity contribution in [3.8, 4) is 67.5 Å². The number of hydrogen-bond acceptors (Lipinski definition) is 4. The molecule has 0 saturated heterocycles. The van der Waals surface area contributed by atoms with Crippen LogP contribution in [0.4, 0.5) is 0 Å². The smallest absolute Gasteiger partial charge is 0.179 e. The van der Waals surface area contributed by atoms with Gasteiger partial charge >= 0.3 is 0 Å². The average Bonchev–Trinajstić information content (AvgIpc) is 3.31. The van der Waals surface area contributed by atoms with Crippen molar-refractivity contribution in [3.05, 3.63) is 206 Å². The van der Waals surface area contributed by atoms with E-state index in [9.17, 15) is 0 Å². The molecule has 58 heavy (non-hydrogen) atoms. The van der Waals surface area contributed by atoms with E-state index in [0.29, 0.717) is 5.82 Å². The molecule has 4 heteroatoms. The number of rotatable bonds is 6. The number of hydrogen-bond donors (Lipinski definition) is 0. The predicted molar refractivity (Wildman–Crippen MR) is 240 cm³/mol. The number of benzene rings is 8. The summed E-state index contributed by atoms with van der Waals surface area (Å²) in [5, 5.41) is 8.31. The van der Waals surface area contributed by atoms with Gasteiger partial charge in [0.1, 0.15) is 5.69 Å². The van der Waals surface area contributed by atoms with Crippen molar-refractivity contribution in [2.24, 2.45) is 0 Å². The molecule has 4 nitrogen and oxygen atoms in total. The van der Waals surface area contributed by atoms with Gasteiger partial charge in [-0.1, -0.05) is 158 Å². The molecule has 0 unspecified atom stereocenters. The minimum Gasteiger partial charge on any atom is -0.253 e. The summed E-state index contributed by atoms with van der Waals surface area (Å²) in [6.07, 6.45) is 1.79. The molecule has 0 bridgehead atoms. The Morgan fingerprint density at radius 1 is 0.310 bits per heavy atom. The van der Waals surface area contributed by atoms with Crippen LogP contribution >= 0.6 is 0 Å². The van der Waals surface area contributed by atoms with Gasteiger partial charge < -0.3 is 0 Å². The van der Waals surface area contributed by atoms with Gasteiger partial charge in [-0.25, -0.2) is 15.0 Å². The third-order valence-corrected chi connectivity index (χ3v) is 11.1. The Balaban J connectivity index is 1.07. The zero-order chi connectivity index (χ0) is 38.4. The van der Waals surface area contributed by atoms with Crippen molar-refractivity contribution in [1.82, 2.24) is 19.9 Å². The maximum absolute atomic E-state index is 5.35. The molecule has 11 aromatic rings. The van der Waals surface area contributed by atoms with E-state index in [1.54, 1.807) is 6.20 Å². The summed E-state index contributed by atoms with van der Waals surface area (Å²) in [6.45, 7) is 0. The van der Waals surface area contributed by atoms with E-state index in [0.717, 1.165) is 78.0 Å². The second kappa shape index (κ2) is 14.0. The molecule has 3 aromatic heterocycles. The molecule has 11 rings (SSSR count). The largest absolute Gasteiger partial charge is 0.253 e. The van der Waals surface area contributed by atoms with Crippen LogP contribution < -0.4 is 0 Å². The number of pyridine rings is 2. The van der Waals surface area contributed by atoms with Crippen molar-refractivity contribution in [1.29, 1.82) is 0 Å². The first kappa shape index (κ1) is 33.5. The van der Waals surface area contributed by atoms with Gasteiger partial charge in [-0.05, 0) is 86.3 Å². The SMILES string of the molecule is c1ccc(-c2cccc(-c3cc(-c4ccc(-c5cc6c(-c7ccc8ccccc8c7)nc7ccccc7c6c6ccccc56)cc4)nc(-c4ccccn4)n3)c2)cc1. The van der Waals surface area contributed by atoms with Crippen LogP contribution in [0.25, 0.3) is 111 Å². The lowest BCUT2D eigenvalue weighted by molar-refractivity contribution is 1.15. The average molecular weight is 739 g/mol. The van der Waals surface area contributed by atoms with Crippen LogP contribution in [0.15, 0.2) is 206 Å². The van der Waals surface area contributed by atoms with Gasteiger partial charge in [-0.15, -0.1) is 0 Å². The molecule has 0 N–H and O–H groups in total. The number of aromatic nitrogens is 4. The molecule has 0 radical (unpaired) electrons. The third-order valence-electron chi connectivity index (χ3n) is 11.1. The summed E-state index contributed by atoms with van der Waals surface area (Å²) in [7, 11) is 0. The van der Waals surface area contributed by atoms with E-state index < -0.39 is 0 Å². The molecule has 0 atom stereocenters. The number of para-hydroxylation sites is 1.